The van der Waals surface area contributed by atoms with Crippen LogP contribution in [0.4, 0.5) is 11.4 Å². The lowest BCUT2D eigenvalue weighted by Crippen LogP contribution is -2.36. The lowest BCUT2D eigenvalue weighted by atomic mass is 10.0. The van der Waals surface area contributed by atoms with Gasteiger partial charge in [0.2, 0.25) is 10.0 Å². The second-order valence-electron chi connectivity index (χ2n) is 6.06. The monoisotopic (exact) mass is 369 g/mol. The minimum Gasteiger partial charge on any atom is -0.322 e. The second-order valence-corrected chi connectivity index (χ2v) is 8.24. The van der Waals surface area contributed by atoms with Crippen molar-refractivity contribution in [3.8, 4) is 6.07 Å². The molecule has 1 amide bonds. The van der Waals surface area contributed by atoms with Gasteiger partial charge in [-0.05, 0) is 67.8 Å². The van der Waals surface area contributed by atoms with Gasteiger partial charge in [0, 0.05) is 17.8 Å². The topological polar surface area (TPSA) is 90.3 Å². The molecule has 0 atom stereocenters. The van der Waals surface area contributed by atoms with E-state index in [9.17, 15) is 13.2 Å². The Morgan fingerprint density at radius 2 is 1.96 bits per heavy atom. The van der Waals surface area contributed by atoms with E-state index in [4.69, 9.17) is 5.26 Å². The third-order valence-corrected chi connectivity index (χ3v) is 6.17. The summed E-state index contributed by atoms with van der Waals surface area (Å²) in [5.41, 5.74) is 3.17. The highest BCUT2D eigenvalue weighted by Crippen LogP contribution is 2.31. The van der Waals surface area contributed by atoms with E-state index in [0.717, 1.165) is 18.4 Å². The highest BCUT2D eigenvalue weighted by atomic mass is 32.2. The van der Waals surface area contributed by atoms with Gasteiger partial charge >= 0.3 is 0 Å². The molecule has 1 aliphatic rings. The van der Waals surface area contributed by atoms with Crippen molar-refractivity contribution in [2.45, 2.75) is 19.8 Å². The molecule has 2 aromatic rings. The first-order chi connectivity index (χ1) is 12.4. The van der Waals surface area contributed by atoms with Crippen molar-refractivity contribution < 1.29 is 13.2 Å². The Morgan fingerprint density at radius 3 is 2.62 bits per heavy atom. The summed E-state index contributed by atoms with van der Waals surface area (Å²) in [5, 5.41) is 11.6. The fourth-order valence-corrected chi connectivity index (χ4v) is 4.18. The van der Waals surface area contributed by atoms with E-state index < -0.39 is 10.0 Å². The first-order valence-corrected chi connectivity index (χ1v) is 10.0. The molecule has 7 heteroatoms. The van der Waals surface area contributed by atoms with Crippen LogP contribution in [0.3, 0.4) is 0 Å². The van der Waals surface area contributed by atoms with E-state index in [0.29, 0.717) is 29.0 Å². The SMILES string of the molecule is CCS(=O)(=O)N1CCCc2cc(NC(=O)c3ccc(C#N)cc3)ccc21. The number of nitrogens with one attached hydrogen (secondary N) is 1. The lowest BCUT2D eigenvalue weighted by molar-refractivity contribution is 0.102. The molecule has 0 fully saturated rings. The maximum atomic E-state index is 12.4. The summed E-state index contributed by atoms with van der Waals surface area (Å²) in [5.74, 6) is -0.216. The molecule has 0 aliphatic carbocycles. The molecule has 0 saturated carbocycles. The molecule has 6 nitrogen and oxygen atoms in total. The largest absolute Gasteiger partial charge is 0.322 e. The van der Waals surface area contributed by atoms with Crippen LogP contribution in [0.2, 0.25) is 0 Å². The maximum absolute atomic E-state index is 12.4. The van der Waals surface area contributed by atoms with Crippen LogP contribution < -0.4 is 9.62 Å². The summed E-state index contributed by atoms with van der Waals surface area (Å²) in [7, 11) is -3.30. The number of carbonyl (C=O) groups excluding carboxylic acids is 1. The van der Waals surface area contributed by atoms with E-state index in [1.54, 1.807) is 43.3 Å². The number of amides is 1. The average Bonchev–Trinajstić information content (AvgIpc) is 2.67. The molecule has 3 rings (SSSR count). The molecule has 1 heterocycles. The highest BCUT2D eigenvalue weighted by Gasteiger charge is 2.26. The van der Waals surface area contributed by atoms with Gasteiger partial charge in [-0.2, -0.15) is 5.26 Å². The number of nitrogens with zero attached hydrogens (tertiary/aromatic N) is 2. The molecule has 26 heavy (non-hydrogen) atoms. The van der Waals surface area contributed by atoms with E-state index >= 15 is 0 Å². The molecule has 0 bridgehead atoms. The zero-order valence-electron chi connectivity index (χ0n) is 14.4. The first kappa shape index (κ1) is 18.0. The Bertz CT molecular complexity index is 976. The Morgan fingerprint density at radius 1 is 1.23 bits per heavy atom. The van der Waals surface area contributed by atoms with Crippen LogP contribution in [0.1, 0.15) is 34.8 Å². The van der Waals surface area contributed by atoms with Crippen LogP contribution in [0.15, 0.2) is 42.5 Å². The van der Waals surface area contributed by atoms with Gasteiger partial charge in [0.1, 0.15) is 0 Å². The summed E-state index contributed by atoms with van der Waals surface area (Å²) < 4.78 is 26.0. The first-order valence-electron chi connectivity index (χ1n) is 8.39. The van der Waals surface area contributed by atoms with E-state index in [1.165, 1.54) is 4.31 Å². The summed E-state index contributed by atoms with van der Waals surface area (Å²) in [4.78, 5) is 12.4. The second kappa shape index (κ2) is 7.18. The van der Waals surface area contributed by atoms with Crippen LogP contribution in [0, 0.1) is 11.3 Å². The number of hydrogen-bond acceptors (Lipinski definition) is 4. The van der Waals surface area contributed by atoms with Crippen molar-refractivity contribution in [2.75, 3.05) is 21.9 Å². The van der Waals surface area contributed by atoms with Crippen molar-refractivity contribution in [1.29, 1.82) is 5.26 Å². The average molecular weight is 369 g/mol. The molecule has 0 aromatic heterocycles. The van der Waals surface area contributed by atoms with Crippen LogP contribution in [-0.2, 0) is 16.4 Å². The molecule has 134 valence electrons. The number of sulfonamides is 1. The normalized spacial score (nSPS) is 13.6. The van der Waals surface area contributed by atoms with Crippen molar-refractivity contribution in [1.82, 2.24) is 0 Å². The van der Waals surface area contributed by atoms with Crippen molar-refractivity contribution in [2.24, 2.45) is 0 Å². The van der Waals surface area contributed by atoms with E-state index in [-0.39, 0.29) is 11.7 Å². The van der Waals surface area contributed by atoms with Crippen LogP contribution in [0.25, 0.3) is 0 Å². The van der Waals surface area contributed by atoms with Gasteiger partial charge in [0.15, 0.2) is 0 Å². The van der Waals surface area contributed by atoms with E-state index in [1.807, 2.05) is 12.1 Å². The Hall–Kier alpha value is -2.85. The molecule has 0 radical (unpaired) electrons. The number of nitriles is 1. The van der Waals surface area contributed by atoms with E-state index in [2.05, 4.69) is 5.32 Å². The third kappa shape index (κ3) is 3.55. The number of rotatable bonds is 4. The molecule has 0 unspecified atom stereocenters. The van der Waals surface area contributed by atoms with Crippen molar-refractivity contribution >= 4 is 27.3 Å². The summed E-state index contributed by atoms with van der Waals surface area (Å²) in [6.45, 7) is 2.12. The van der Waals surface area contributed by atoms with Gasteiger partial charge in [-0.1, -0.05) is 0 Å². The molecule has 0 spiro atoms. The fraction of sp³-hybridized carbons (Fsp3) is 0.263. The van der Waals surface area contributed by atoms with Crippen molar-refractivity contribution in [3.05, 3.63) is 59.2 Å². The summed E-state index contributed by atoms with van der Waals surface area (Å²) >= 11 is 0. The fourth-order valence-electron chi connectivity index (χ4n) is 2.98. The van der Waals surface area contributed by atoms with Gasteiger partial charge in [0.25, 0.3) is 5.91 Å². The summed E-state index contributed by atoms with van der Waals surface area (Å²) in [6, 6.07) is 13.7. The highest BCUT2D eigenvalue weighted by molar-refractivity contribution is 7.92. The third-order valence-electron chi connectivity index (χ3n) is 4.39. The molecule has 1 aliphatic heterocycles. The molecule has 2 aromatic carbocycles. The van der Waals surface area contributed by atoms with Gasteiger partial charge < -0.3 is 5.32 Å². The van der Waals surface area contributed by atoms with Crippen LogP contribution in [-0.4, -0.2) is 26.6 Å². The smallest absolute Gasteiger partial charge is 0.255 e. The predicted molar refractivity (Wildman–Crippen MR) is 101 cm³/mol. The molecule has 1 N–H and O–H groups in total. The standard InChI is InChI=1S/C19H19N3O3S/c1-2-26(24,25)22-11-3-4-16-12-17(9-10-18(16)22)21-19(23)15-7-5-14(13-20)6-8-15/h5-10,12H,2-4,11H2,1H3,(H,21,23). The number of fused-ring (bicyclic) bond motifs is 1. The van der Waals surface area contributed by atoms with Gasteiger partial charge in [-0.15, -0.1) is 0 Å². The summed E-state index contributed by atoms with van der Waals surface area (Å²) in [6.07, 6.45) is 1.52. The van der Waals surface area contributed by atoms with Gasteiger partial charge in [0.05, 0.1) is 23.1 Å². The van der Waals surface area contributed by atoms with Gasteiger partial charge in [-0.25, -0.2) is 8.42 Å². The number of anilines is 2. The predicted octanol–water partition coefficient (Wildman–Crippen LogP) is 2.91. The Labute approximate surface area is 153 Å². The number of aryl methyl sites for hydroxylation is 1. The maximum Gasteiger partial charge on any atom is 0.255 e. The quantitative estimate of drug-likeness (QED) is 0.897. The van der Waals surface area contributed by atoms with Crippen LogP contribution in [0.5, 0.6) is 0 Å². The zero-order valence-corrected chi connectivity index (χ0v) is 15.2. The number of carbonyl (C=O) groups is 1. The molecular weight excluding hydrogens is 350 g/mol. The van der Waals surface area contributed by atoms with Crippen LogP contribution >= 0.6 is 0 Å². The van der Waals surface area contributed by atoms with Crippen molar-refractivity contribution in [3.63, 3.8) is 0 Å². The lowest BCUT2D eigenvalue weighted by Gasteiger charge is -2.30. The Balaban J connectivity index is 1.82. The molecular formula is C19H19N3O3S. The zero-order chi connectivity index (χ0) is 18.7. The minimum absolute atomic E-state index is 0.0591. The molecule has 0 saturated heterocycles. The van der Waals surface area contributed by atoms with Gasteiger partial charge in [-0.3, -0.25) is 9.10 Å². The minimum atomic E-state index is -3.30. The Kier molecular flexibility index (Phi) is 4.96. The number of hydrogen-bond donors (Lipinski definition) is 1. The number of benzene rings is 2.